The largest absolute Gasteiger partial charge is 0.480 e. The number of aromatic nitrogens is 2. The van der Waals surface area contributed by atoms with Gasteiger partial charge in [0.2, 0.25) is 5.95 Å². The quantitative estimate of drug-likeness (QED) is 0.758. The van der Waals surface area contributed by atoms with Gasteiger partial charge in [0.05, 0.1) is 11.0 Å². The van der Waals surface area contributed by atoms with E-state index in [0.717, 1.165) is 11.0 Å². The molecule has 0 aliphatic heterocycles. The summed E-state index contributed by atoms with van der Waals surface area (Å²) in [6, 6.07) is 6.98. The molecular weight excluding hydrogens is 230 g/mol. The Bertz CT molecular complexity index is 515. The molecule has 0 saturated heterocycles. The van der Waals surface area contributed by atoms with Crippen molar-refractivity contribution in [3.63, 3.8) is 0 Å². The predicted molar refractivity (Wildman–Crippen MR) is 70.6 cm³/mol. The number of carboxylic acid groups (broad SMARTS) is 1. The number of aliphatic carboxylic acids is 1. The highest BCUT2D eigenvalue weighted by Crippen LogP contribution is 2.16. The van der Waals surface area contributed by atoms with Crippen molar-refractivity contribution in [1.82, 2.24) is 9.97 Å². The maximum Gasteiger partial charge on any atom is 0.326 e. The van der Waals surface area contributed by atoms with Gasteiger partial charge in [-0.05, 0) is 24.5 Å². The van der Waals surface area contributed by atoms with Gasteiger partial charge < -0.3 is 15.4 Å². The monoisotopic (exact) mass is 247 g/mol. The summed E-state index contributed by atoms with van der Waals surface area (Å²) in [5.41, 5.74) is 1.72. The van der Waals surface area contributed by atoms with Gasteiger partial charge in [0.15, 0.2) is 0 Å². The van der Waals surface area contributed by atoms with Crippen molar-refractivity contribution in [2.75, 3.05) is 5.32 Å². The minimum absolute atomic E-state index is 0.308. The third kappa shape index (κ3) is 2.80. The first-order valence-corrected chi connectivity index (χ1v) is 6.00. The van der Waals surface area contributed by atoms with Gasteiger partial charge in [-0.2, -0.15) is 0 Å². The Morgan fingerprint density at radius 2 is 2.17 bits per heavy atom. The summed E-state index contributed by atoms with van der Waals surface area (Å²) in [5.74, 6) is -0.0450. The number of hydrogen-bond acceptors (Lipinski definition) is 3. The number of benzene rings is 1. The number of para-hydroxylation sites is 2. The van der Waals surface area contributed by atoms with Crippen LogP contribution in [-0.4, -0.2) is 27.1 Å². The van der Waals surface area contributed by atoms with Gasteiger partial charge in [-0.25, -0.2) is 9.78 Å². The standard InChI is InChI=1S/C13H17N3O2/c1-8(2)7-11(12(17)18)16-13-14-9-5-3-4-6-10(9)15-13/h3-6,8,11H,7H2,1-2H3,(H,17,18)(H2,14,15,16)/t11-/m1/s1. The first-order valence-electron chi connectivity index (χ1n) is 6.00. The van der Waals surface area contributed by atoms with E-state index in [4.69, 9.17) is 5.11 Å². The minimum Gasteiger partial charge on any atom is -0.480 e. The molecule has 2 aromatic rings. The van der Waals surface area contributed by atoms with Gasteiger partial charge in [0.1, 0.15) is 6.04 Å². The lowest BCUT2D eigenvalue weighted by molar-refractivity contribution is -0.138. The fourth-order valence-corrected chi connectivity index (χ4v) is 1.88. The van der Waals surface area contributed by atoms with Crippen LogP contribution in [0.25, 0.3) is 11.0 Å². The van der Waals surface area contributed by atoms with Gasteiger partial charge in [-0.1, -0.05) is 26.0 Å². The summed E-state index contributed by atoms with van der Waals surface area (Å²) in [4.78, 5) is 18.5. The van der Waals surface area contributed by atoms with Crippen LogP contribution >= 0.6 is 0 Å². The number of rotatable bonds is 5. The zero-order valence-corrected chi connectivity index (χ0v) is 10.5. The Hall–Kier alpha value is -2.04. The lowest BCUT2D eigenvalue weighted by Crippen LogP contribution is -2.31. The van der Waals surface area contributed by atoms with Gasteiger partial charge in [0, 0.05) is 0 Å². The molecule has 1 aromatic heterocycles. The third-order valence-electron chi connectivity index (χ3n) is 2.71. The van der Waals surface area contributed by atoms with Crippen molar-refractivity contribution in [2.24, 2.45) is 5.92 Å². The van der Waals surface area contributed by atoms with Crippen LogP contribution < -0.4 is 5.32 Å². The fourth-order valence-electron chi connectivity index (χ4n) is 1.88. The Labute approximate surface area is 105 Å². The van der Waals surface area contributed by atoms with Crippen molar-refractivity contribution in [2.45, 2.75) is 26.3 Å². The van der Waals surface area contributed by atoms with Gasteiger partial charge in [-0.3, -0.25) is 0 Å². The van der Waals surface area contributed by atoms with Crippen molar-refractivity contribution in [1.29, 1.82) is 0 Å². The van der Waals surface area contributed by atoms with Crippen LogP contribution in [0.5, 0.6) is 0 Å². The molecule has 0 unspecified atom stereocenters. The first-order chi connectivity index (χ1) is 8.56. The molecule has 1 aromatic carbocycles. The molecule has 0 bridgehead atoms. The molecular formula is C13H17N3O2. The molecule has 5 heteroatoms. The van der Waals surface area contributed by atoms with Crippen LogP contribution in [0.4, 0.5) is 5.95 Å². The fraction of sp³-hybridized carbons (Fsp3) is 0.385. The predicted octanol–water partition coefficient (Wildman–Crippen LogP) is 2.47. The zero-order chi connectivity index (χ0) is 13.1. The van der Waals surface area contributed by atoms with E-state index in [0.29, 0.717) is 18.3 Å². The second kappa shape index (κ2) is 5.08. The Balaban J connectivity index is 2.17. The van der Waals surface area contributed by atoms with Crippen molar-refractivity contribution in [3.05, 3.63) is 24.3 Å². The van der Waals surface area contributed by atoms with E-state index >= 15 is 0 Å². The molecule has 0 aliphatic carbocycles. The number of fused-ring (bicyclic) bond motifs is 1. The normalized spacial score (nSPS) is 12.8. The summed E-state index contributed by atoms with van der Waals surface area (Å²) >= 11 is 0. The summed E-state index contributed by atoms with van der Waals surface area (Å²) in [6.45, 7) is 3.99. The molecule has 3 N–H and O–H groups in total. The Kier molecular flexibility index (Phi) is 3.50. The first kappa shape index (κ1) is 12.4. The van der Waals surface area contributed by atoms with Crippen LogP contribution in [0.15, 0.2) is 24.3 Å². The van der Waals surface area contributed by atoms with E-state index in [-0.39, 0.29) is 0 Å². The van der Waals surface area contributed by atoms with Crippen LogP contribution in [0.1, 0.15) is 20.3 Å². The number of H-pyrrole nitrogens is 1. The third-order valence-corrected chi connectivity index (χ3v) is 2.71. The molecule has 0 radical (unpaired) electrons. The van der Waals surface area contributed by atoms with Crippen LogP contribution in [0.3, 0.4) is 0 Å². The van der Waals surface area contributed by atoms with Crippen molar-refractivity contribution < 1.29 is 9.90 Å². The molecule has 0 fully saturated rings. The number of carboxylic acids is 1. The lowest BCUT2D eigenvalue weighted by Gasteiger charge is -2.15. The molecule has 1 atom stereocenters. The smallest absolute Gasteiger partial charge is 0.326 e. The molecule has 0 aliphatic rings. The molecule has 0 spiro atoms. The summed E-state index contributed by atoms with van der Waals surface area (Å²) in [6.07, 6.45) is 0.562. The lowest BCUT2D eigenvalue weighted by atomic mass is 10.0. The van der Waals surface area contributed by atoms with E-state index in [1.165, 1.54) is 0 Å². The number of anilines is 1. The number of imidazole rings is 1. The molecule has 2 rings (SSSR count). The van der Waals surface area contributed by atoms with Gasteiger partial charge >= 0.3 is 5.97 Å². The van der Waals surface area contributed by atoms with E-state index in [1.807, 2.05) is 38.1 Å². The maximum atomic E-state index is 11.2. The minimum atomic E-state index is -0.857. The topological polar surface area (TPSA) is 78.0 Å². The molecule has 0 amide bonds. The number of carbonyl (C=O) groups is 1. The molecule has 1 heterocycles. The second-order valence-corrected chi connectivity index (χ2v) is 4.77. The summed E-state index contributed by atoms with van der Waals surface area (Å²) < 4.78 is 0. The van der Waals surface area contributed by atoms with E-state index in [1.54, 1.807) is 0 Å². The van der Waals surface area contributed by atoms with Crippen LogP contribution in [0.2, 0.25) is 0 Å². The van der Waals surface area contributed by atoms with E-state index in [2.05, 4.69) is 15.3 Å². The van der Waals surface area contributed by atoms with Crippen molar-refractivity contribution in [3.8, 4) is 0 Å². The van der Waals surface area contributed by atoms with E-state index in [9.17, 15) is 4.79 Å². The zero-order valence-electron chi connectivity index (χ0n) is 10.5. The van der Waals surface area contributed by atoms with Crippen molar-refractivity contribution >= 4 is 23.0 Å². The second-order valence-electron chi connectivity index (χ2n) is 4.77. The van der Waals surface area contributed by atoms with Crippen LogP contribution in [0, 0.1) is 5.92 Å². The number of hydrogen-bond donors (Lipinski definition) is 3. The highest BCUT2D eigenvalue weighted by Gasteiger charge is 2.19. The molecule has 0 saturated carbocycles. The number of nitrogens with one attached hydrogen (secondary N) is 2. The molecule has 5 nitrogen and oxygen atoms in total. The molecule has 18 heavy (non-hydrogen) atoms. The average Bonchev–Trinajstić information content (AvgIpc) is 2.69. The summed E-state index contributed by atoms with van der Waals surface area (Å²) in [7, 11) is 0. The van der Waals surface area contributed by atoms with E-state index < -0.39 is 12.0 Å². The average molecular weight is 247 g/mol. The molecule has 96 valence electrons. The SMILES string of the molecule is CC(C)C[C@@H](Nc1nc2ccccc2[nH]1)C(=O)O. The maximum absolute atomic E-state index is 11.2. The highest BCUT2D eigenvalue weighted by atomic mass is 16.4. The van der Waals surface area contributed by atoms with Gasteiger partial charge in [-0.15, -0.1) is 0 Å². The van der Waals surface area contributed by atoms with Gasteiger partial charge in [0.25, 0.3) is 0 Å². The van der Waals surface area contributed by atoms with Crippen LogP contribution in [-0.2, 0) is 4.79 Å². The number of aromatic amines is 1. The number of nitrogens with zero attached hydrogens (tertiary/aromatic N) is 1. The summed E-state index contributed by atoms with van der Waals surface area (Å²) in [5, 5.41) is 12.1. The Morgan fingerprint density at radius 1 is 1.44 bits per heavy atom. The highest BCUT2D eigenvalue weighted by molar-refractivity contribution is 5.80. The Morgan fingerprint density at radius 3 is 2.78 bits per heavy atom.